The first kappa shape index (κ1) is 32.2. The molecule has 5 rings (SSSR count). The highest BCUT2D eigenvalue weighted by Gasteiger charge is 2.40. The molecule has 1 saturated heterocycles. The normalized spacial score (nSPS) is 19.8. The van der Waals surface area contributed by atoms with Crippen LogP contribution in [0.5, 0.6) is 5.88 Å². The molecule has 2 aliphatic heterocycles. The Kier molecular flexibility index (Phi) is 8.81. The van der Waals surface area contributed by atoms with Crippen molar-refractivity contribution in [1.29, 1.82) is 0 Å². The summed E-state index contributed by atoms with van der Waals surface area (Å²) in [6.07, 6.45) is -0.651. The highest BCUT2D eigenvalue weighted by molar-refractivity contribution is 7.92. The van der Waals surface area contributed by atoms with E-state index in [1.807, 2.05) is 52.8 Å². The van der Waals surface area contributed by atoms with Gasteiger partial charge in [0.05, 0.1) is 23.2 Å². The predicted molar refractivity (Wildman–Crippen MR) is 173 cm³/mol. The molecule has 3 aromatic rings. The molecule has 0 spiro atoms. The molecule has 0 unspecified atom stereocenters. The predicted octanol–water partition coefficient (Wildman–Crippen LogP) is 5.68. The number of carbonyl (C=O) groups is 2. The van der Waals surface area contributed by atoms with Crippen molar-refractivity contribution in [3.05, 3.63) is 65.2 Å². The number of fused-ring (bicyclic) bond motifs is 6. The van der Waals surface area contributed by atoms with Crippen molar-refractivity contribution in [2.24, 2.45) is 5.92 Å². The maximum atomic E-state index is 13.9. The van der Waals surface area contributed by atoms with Crippen LogP contribution in [-0.2, 0) is 14.8 Å². The number of nitrogens with one attached hydrogen (secondary N) is 1. The van der Waals surface area contributed by atoms with Crippen LogP contribution in [0.1, 0.15) is 64.0 Å². The van der Waals surface area contributed by atoms with Gasteiger partial charge >= 0.3 is 6.09 Å². The topological polar surface area (TPSA) is 131 Å². The molecule has 2 aliphatic rings. The van der Waals surface area contributed by atoms with E-state index in [0.717, 1.165) is 16.7 Å². The lowest BCUT2D eigenvalue weighted by atomic mass is 9.97. The number of anilines is 1. The Morgan fingerprint density at radius 3 is 2.44 bits per heavy atom. The third kappa shape index (κ3) is 7.22. The molecule has 0 aliphatic carbocycles. The Bertz CT molecular complexity index is 1710. The third-order valence-electron chi connectivity index (χ3n) is 7.80. The molecule has 242 valence electrons. The van der Waals surface area contributed by atoms with Crippen LogP contribution in [0, 0.1) is 19.8 Å². The monoisotopic (exact) mass is 637 g/mol. The summed E-state index contributed by atoms with van der Waals surface area (Å²) >= 11 is 0. The number of hydrogen-bond donors (Lipinski definition) is 1. The van der Waals surface area contributed by atoms with Gasteiger partial charge in [-0.1, -0.05) is 38.1 Å². The maximum Gasteiger partial charge on any atom is 0.410 e. The van der Waals surface area contributed by atoms with Crippen LogP contribution < -0.4 is 9.46 Å². The molecule has 3 heterocycles. The minimum atomic E-state index is -4.17. The number of amides is 2. The Labute approximate surface area is 266 Å². The summed E-state index contributed by atoms with van der Waals surface area (Å²) in [7, 11) is -4.17. The summed E-state index contributed by atoms with van der Waals surface area (Å²) in [6, 6.07) is 12.9. The fourth-order valence-electron chi connectivity index (χ4n) is 5.83. The summed E-state index contributed by atoms with van der Waals surface area (Å²) in [5.41, 5.74) is 2.66. The van der Waals surface area contributed by atoms with Gasteiger partial charge in [-0.15, -0.1) is 0 Å². The fourth-order valence-corrected chi connectivity index (χ4v) is 6.81. The van der Waals surface area contributed by atoms with Crippen molar-refractivity contribution in [3.8, 4) is 17.1 Å². The van der Waals surface area contributed by atoms with Gasteiger partial charge < -0.3 is 14.4 Å². The smallest absolute Gasteiger partial charge is 0.410 e. The lowest BCUT2D eigenvalue weighted by molar-refractivity contribution is -0.000141. The number of nitrogens with zero attached hydrogens (tertiary/aromatic N) is 4. The van der Waals surface area contributed by atoms with Gasteiger partial charge in [-0.2, -0.15) is 4.98 Å². The van der Waals surface area contributed by atoms with E-state index >= 15 is 0 Å². The number of carbonyl (C=O) groups excluding carboxylic acids is 2. The molecule has 6 bridgehead atoms. The Hall–Kier alpha value is -4.19. The van der Waals surface area contributed by atoms with Gasteiger partial charge in [0.1, 0.15) is 11.7 Å². The molecule has 0 radical (unpaired) electrons. The van der Waals surface area contributed by atoms with Crippen LogP contribution in [0.15, 0.2) is 53.4 Å². The van der Waals surface area contributed by atoms with Gasteiger partial charge in [0.25, 0.3) is 15.9 Å². The van der Waals surface area contributed by atoms with E-state index < -0.39 is 33.9 Å². The van der Waals surface area contributed by atoms with E-state index in [2.05, 4.69) is 28.5 Å². The fraction of sp³-hybridized carbons (Fsp3) is 0.455. The van der Waals surface area contributed by atoms with Crippen molar-refractivity contribution in [1.82, 2.24) is 19.8 Å². The van der Waals surface area contributed by atoms with Crippen molar-refractivity contribution in [2.75, 3.05) is 24.4 Å². The van der Waals surface area contributed by atoms with Gasteiger partial charge in [-0.3, -0.25) is 9.69 Å². The average molecular weight is 638 g/mol. The zero-order valence-electron chi connectivity index (χ0n) is 26.8. The zero-order chi connectivity index (χ0) is 32.7. The van der Waals surface area contributed by atoms with E-state index in [1.54, 1.807) is 21.9 Å². The molecule has 2 amide bonds. The summed E-state index contributed by atoms with van der Waals surface area (Å²) in [5.74, 6) is -0.257. The standard InChI is InChI=1S/C33H41N5O6S.H2/c1-20(2)16-26-27-19-37(14-15-38(26)32(40)44-33(5,6)7)30(39)23-12-9-13-24(17-23)45(41,42)36-31-34-25(18-28(35-31)43-27)29-21(3)10-8-11-22(29)4;/h8-13,17-18,20,26-27H,14-16,19H2,1-7H3,(H,34,35,36);1H/t26-,27-;/m1./s1. The Morgan fingerprint density at radius 1 is 1.09 bits per heavy atom. The van der Waals surface area contributed by atoms with Gasteiger partial charge in [0, 0.05) is 31.7 Å². The quantitative estimate of drug-likeness (QED) is 0.389. The minimum Gasteiger partial charge on any atom is -0.470 e. The van der Waals surface area contributed by atoms with Crippen molar-refractivity contribution >= 4 is 28.0 Å². The minimum absolute atomic E-state index is 0. The molecule has 12 heteroatoms. The number of aryl methyl sites for hydroxylation is 2. The van der Waals surface area contributed by atoms with Gasteiger partial charge in [-0.05, 0) is 76.3 Å². The average Bonchev–Trinajstić information content (AvgIpc) is 3.10. The molecule has 0 saturated carbocycles. The van der Waals surface area contributed by atoms with Crippen LogP contribution in [0.4, 0.5) is 10.7 Å². The zero-order valence-corrected chi connectivity index (χ0v) is 27.6. The molecule has 2 aromatic carbocycles. The Morgan fingerprint density at radius 2 is 1.78 bits per heavy atom. The molecule has 2 atom stereocenters. The summed E-state index contributed by atoms with van der Waals surface area (Å²) < 4.78 is 42.0. The SMILES string of the molecule is Cc1cccc(C)c1-c1cc2nc(n1)NS(=O)(=O)c1cccc(c1)C(=O)N1CCN(C(=O)OC(C)(C)C)[C@H](CC(C)C)[C@@H](C1)O2.[HH]. The van der Waals surface area contributed by atoms with E-state index in [0.29, 0.717) is 12.1 Å². The number of benzene rings is 2. The second-order valence-corrected chi connectivity index (χ2v) is 14.8. The van der Waals surface area contributed by atoms with Gasteiger partial charge in [0.2, 0.25) is 11.8 Å². The Balaban J connectivity index is 0.00000480. The molecule has 45 heavy (non-hydrogen) atoms. The van der Waals surface area contributed by atoms with E-state index in [-0.39, 0.29) is 55.2 Å². The van der Waals surface area contributed by atoms with E-state index in [1.165, 1.54) is 18.2 Å². The van der Waals surface area contributed by atoms with Crippen LogP contribution in [0.3, 0.4) is 0 Å². The molecule has 1 fully saturated rings. The van der Waals surface area contributed by atoms with E-state index in [4.69, 9.17) is 9.47 Å². The lowest BCUT2D eigenvalue weighted by Gasteiger charge is -2.36. The molecule has 1 N–H and O–H groups in total. The first-order valence-corrected chi connectivity index (χ1v) is 16.6. The van der Waals surface area contributed by atoms with Gasteiger partial charge in [-0.25, -0.2) is 22.9 Å². The van der Waals surface area contributed by atoms with Crippen molar-refractivity contribution < 1.29 is 28.9 Å². The highest BCUT2D eigenvalue weighted by atomic mass is 32.2. The maximum absolute atomic E-state index is 13.9. The molecule has 1 aromatic heterocycles. The van der Waals surface area contributed by atoms with Crippen molar-refractivity contribution in [2.45, 2.75) is 77.5 Å². The molecule has 11 nitrogen and oxygen atoms in total. The van der Waals surface area contributed by atoms with Gasteiger partial charge in [0.15, 0.2) is 0 Å². The highest BCUT2D eigenvalue weighted by Crippen LogP contribution is 2.32. The van der Waals surface area contributed by atoms with Crippen LogP contribution in [0.25, 0.3) is 11.3 Å². The largest absolute Gasteiger partial charge is 0.470 e. The van der Waals surface area contributed by atoms with Crippen LogP contribution >= 0.6 is 0 Å². The second-order valence-electron chi connectivity index (χ2n) is 13.1. The lowest BCUT2D eigenvalue weighted by Crippen LogP contribution is -2.51. The third-order valence-corrected chi connectivity index (χ3v) is 9.12. The van der Waals surface area contributed by atoms with Crippen LogP contribution in [-0.4, -0.2) is 77.6 Å². The summed E-state index contributed by atoms with van der Waals surface area (Å²) in [5, 5.41) is 0. The number of rotatable bonds is 3. The van der Waals surface area contributed by atoms with E-state index in [9.17, 15) is 18.0 Å². The number of ether oxygens (including phenoxy) is 2. The number of aromatic nitrogens is 2. The van der Waals surface area contributed by atoms with Crippen LogP contribution in [0.2, 0.25) is 0 Å². The molecular weight excluding hydrogens is 594 g/mol. The number of sulfonamides is 1. The number of hydrogen-bond acceptors (Lipinski definition) is 8. The summed E-state index contributed by atoms with van der Waals surface area (Å²) in [6.45, 7) is 14.0. The first-order valence-electron chi connectivity index (χ1n) is 15.2. The molecular formula is C33H43N5O6S. The second kappa shape index (κ2) is 12.3. The first-order chi connectivity index (χ1) is 21.1. The van der Waals surface area contributed by atoms with Crippen molar-refractivity contribution in [3.63, 3.8) is 0 Å². The summed E-state index contributed by atoms with van der Waals surface area (Å²) in [4.78, 5) is 39.8.